The van der Waals surface area contributed by atoms with Crippen molar-refractivity contribution in [3.63, 3.8) is 0 Å². The lowest BCUT2D eigenvalue weighted by Crippen LogP contribution is -2.28. The van der Waals surface area contributed by atoms with Gasteiger partial charge in [0.25, 0.3) is 5.91 Å². The first-order valence-corrected chi connectivity index (χ1v) is 10.5. The van der Waals surface area contributed by atoms with Crippen LogP contribution in [0.3, 0.4) is 0 Å². The molecular formula is C19H17Cl3N4OS. The molecule has 0 aliphatic carbocycles. The van der Waals surface area contributed by atoms with Gasteiger partial charge in [-0.25, -0.2) is 0 Å². The summed E-state index contributed by atoms with van der Waals surface area (Å²) >= 11 is 19.4. The predicted octanol–water partition coefficient (Wildman–Crippen LogP) is 5.56. The fraction of sp³-hybridized carbons (Fsp3) is 0.211. The molecule has 0 aliphatic heterocycles. The van der Waals surface area contributed by atoms with Crippen LogP contribution in [0, 0.1) is 0 Å². The van der Waals surface area contributed by atoms with Gasteiger partial charge in [-0.15, -0.1) is 10.2 Å². The van der Waals surface area contributed by atoms with E-state index in [1.807, 2.05) is 30.7 Å². The molecule has 9 heteroatoms. The van der Waals surface area contributed by atoms with Crippen LogP contribution in [0.5, 0.6) is 0 Å². The van der Waals surface area contributed by atoms with E-state index in [2.05, 4.69) is 15.5 Å². The molecular weight excluding hydrogens is 439 g/mol. The Kier molecular flexibility index (Phi) is 6.88. The highest BCUT2D eigenvalue weighted by Crippen LogP contribution is 2.27. The van der Waals surface area contributed by atoms with Crippen molar-refractivity contribution in [2.45, 2.75) is 23.9 Å². The first-order valence-electron chi connectivity index (χ1n) is 8.37. The highest BCUT2D eigenvalue weighted by molar-refractivity contribution is 7.98. The molecule has 0 saturated carbocycles. The number of aromatic nitrogens is 3. The van der Waals surface area contributed by atoms with Crippen molar-refractivity contribution in [3.8, 4) is 0 Å². The molecule has 1 heterocycles. The zero-order valence-corrected chi connectivity index (χ0v) is 18.2. The van der Waals surface area contributed by atoms with Gasteiger partial charge in [-0.2, -0.15) is 0 Å². The third kappa shape index (κ3) is 5.00. The lowest BCUT2D eigenvalue weighted by molar-refractivity contribution is 0.0937. The van der Waals surface area contributed by atoms with Crippen LogP contribution in [-0.2, 0) is 12.8 Å². The minimum absolute atomic E-state index is 0.197. The van der Waals surface area contributed by atoms with E-state index in [4.69, 9.17) is 34.8 Å². The van der Waals surface area contributed by atoms with Gasteiger partial charge in [-0.05, 0) is 48.9 Å². The molecule has 28 heavy (non-hydrogen) atoms. The number of nitrogens with zero attached hydrogens (tertiary/aromatic N) is 3. The lowest BCUT2D eigenvalue weighted by atomic mass is 10.2. The van der Waals surface area contributed by atoms with Crippen LogP contribution in [0.1, 0.15) is 34.7 Å². The van der Waals surface area contributed by atoms with Crippen LogP contribution in [0.4, 0.5) is 0 Å². The fourth-order valence-corrected chi connectivity index (χ4v) is 3.86. The molecule has 1 aromatic heterocycles. The van der Waals surface area contributed by atoms with E-state index in [0.29, 0.717) is 32.2 Å². The first kappa shape index (κ1) is 21.0. The Bertz CT molecular complexity index is 991. The smallest absolute Gasteiger partial charge is 0.251 e. The summed E-state index contributed by atoms with van der Waals surface area (Å²) in [6, 6.07) is 12.0. The summed E-state index contributed by atoms with van der Waals surface area (Å²) in [5.74, 6) is 1.14. The fourth-order valence-electron chi connectivity index (χ4n) is 2.55. The average Bonchev–Trinajstić information content (AvgIpc) is 3.04. The van der Waals surface area contributed by atoms with E-state index < -0.39 is 0 Å². The Hall–Kier alpha value is -1.73. The van der Waals surface area contributed by atoms with Crippen molar-refractivity contribution in [2.24, 2.45) is 7.05 Å². The molecule has 0 aliphatic rings. The molecule has 0 spiro atoms. The van der Waals surface area contributed by atoms with Crippen molar-refractivity contribution in [1.82, 2.24) is 20.1 Å². The summed E-state index contributed by atoms with van der Waals surface area (Å²) in [7, 11) is 1.87. The number of carbonyl (C=O) groups excluding carboxylic acids is 1. The number of thioether (sulfide) groups is 1. The second-order valence-electron chi connectivity index (χ2n) is 6.14. The number of halogens is 3. The first-order chi connectivity index (χ1) is 13.3. The number of rotatable bonds is 6. The summed E-state index contributed by atoms with van der Waals surface area (Å²) in [4.78, 5) is 12.4. The summed E-state index contributed by atoms with van der Waals surface area (Å²) in [6.45, 7) is 1.87. The Labute approximate surface area is 182 Å². The Balaban J connectivity index is 1.65. The molecule has 0 radical (unpaired) electrons. The van der Waals surface area contributed by atoms with E-state index in [9.17, 15) is 4.79 Å². The van der Waals surface area contributed by atoms with E-state index in [-0.39, 0.29) is 11.9 Å². The normalized spacial score (nSPS) is 12.0. The molecule has 0 saturated heterocycles. The van der Waals surface area contributed by atoms with Crippen molar-refractivity contribution in [1.29, 1.82) is 0 Å². The average molecular weight is 456 g/mol. The van der Waals surface area contributed by atoms with Crippen molar-refractivity contribution in [3.05, 3.63) is 74.5 Å². The van der Waals surface area contributed by atoms with E-state index >= 15 is 0 Å². The van der Waals surface area contributed by atoms with Crippen molar-refractivity contribution >= 4 is 52.5 Å². The zero-order chi connectivity index (χ0) is 20.3. The minimum atomic E-state index is -0.306. The number of carbonyl (C=O) groups is 1. The number of nitrogens with one attached hydrogen (secondary N) is 1. The SMILES string of the molecule is C[C@H](NC(=O)c1ccc(Cl)cc1)c1nnc(SCc2ccc(Cl)c(Cl)c2)n1C. The summed E-state index contributed by atoms with van der Waals surface area (Å²) in [5.41, 5.74) is 1.57. The monoisotopic (exact) mass is 454 g/mol. The van der Waals surface area contributed by atoms with Gasteiger partial charge in [0.2, 0.25) is 0 Å². The van der Waals surface area contributed by atoms with Gasteiger partial charge >= 0.3 is 0 Å². The molecule has 0 fully saturated rings. The maximum Gasteiger partial charge on any atom is 0.251 e. The van der Waals surface area contributed by atoms with Gasteiger partial charge in [0.1, 0.15) is 0 Å². The second kappa shape index (κ2) is 9.18. The van der Waals surface area contributed by atoms with Crippen LogP contribution in [-0.4, -0.2) is 20.7 Å². The number of benzene rings is 2. The molecule has 1 atom stereocenters. The maximum atomic E-state index is 12.4. The maximum absolute atomic E-state index is 12.4. The molecule has 2 aromatic carbocycles. The van der Waals surface area contributed by atoms with E-state index in [0.717, 1.165) is 10.7 Å². The van der Waals surface area contributed by atoms with Gasteiger partial charge in [0.05, 0.1) is 16.1 Å². The quantitative estimate of drug-likeness (QED) is 0.494. The largest absolute Gasteiger partial charge is 0.342 e. The van der Waals surface area contributed by atoms with Crippen LogP contribution in [0.25, 0.3) is 0 Å². The van der Waals surface area contributed by atoms with Gasteiger partial charge in [0, 0.05) is 23.4 Å². The zero-order valence-electron chi connectivity index (χ0n) is 15.1. The Morgan fingerprint density at radius 1 is 1.11 bits per heavy atom. The molecule has 3 rings (SSSR count). The highest BCUT2D eigenvalue weighted by Gasteiger charge is 2.18. The summed E-state index contributed by atoms with van der Waals surface area (Å²) < 4.78 is 1.87. The molecule has 5 nitrogen and oxygen atoms in total. The third-order valence-electron chi connectivity index (χ3n) is 4.06. The highest BCUT2D eigenvalue weighted by atomic mass is 35.5. The number of hydrogen-bond acceptors (Lipinski definition) is 4. The molecule has 0 bridgehead atoms. The van der Waals surface area contributed by atoms with E-state index in [1.165, 1.54) is 11.8 Å². The third-order valence-corrected chi connectivity index (χ3v) is 6.14. The van der Waals surface area contributed by atoms with Crippen LogP contribution in [0.2, 0.25) is 15.1 Å². The van der Waals surface area contributed by atoms with Crippen LogP contribution < -0.4 is 5.32 Å². The molecule has 1 N–H and O–H groups in total. The van der Waals surface area contributed by atoms with Crippen LogP contribution >= 0.6 is 46.6 Å². The number of amides is 1. The molecule has 1 amide bonds. The van der Waals surface area contributed by atoms with Gasteiger partial charge in [-0.1, -0.05) is 52.6 Å². The predicted molar refractivity (Wildman–Crippen MR) is 114 cm³/mol. The number of hydrogen-bond donors (Lipinski definition) is 1. The van der Waals surface area contributed by atoms with Crippen LogP contribution in [0.15, 0.2) is 47.6 Å². The topological polar surface area (TPSA) is 59.8 Å². The van der Waals surface area contributed by atoms with Crippen molar-refractivity contribution < 1.29 is 4.79 Å². The summed E-state index contributed by atoms with van der Waals surface area (Å²) in [6.07, 6.45) is 0. The molecule has 3 aromatic rings. The Morgan fingerprint density at radius 3 is 2.50 bits per heavy atom. The van der Waals surface area contributed by atoms with E-state index in [1.54, 1.807) is 30.3 Å². The molecule has 0 unspecified atom stereocenters. The van der Waals surface area contributed by atoms with Gasteiger partial charge < -0.3 is 9.88 Å². The second-order valence-corrected chi connectivity index (χ2v) is 8.33. The minimum Gasteiger partial charge on any atom is -0.342 e. The standard InChI is InChI=1S/C19H17Cl3N4OS/c1-11(23-18(27)13-4-6-14(20)7-5-13)17-24-25-19(26(17)2)28-10-12-3-8-15(21)16(22)9-12/h3-9,11H,10H2,1-2H3,(H,23,27)/t11-/m0/s1. The lowest BCUT2D eigenvalue weighted by Gasteiger charge is -2.13. The van der Waals surface area contributed by atoms with Crippen molar-refractivity contribution in [2.75, 3.05) is 0 Å². The Morgan fingerprint density at radius 2 is 1.82 bits per heavy atom. The van der Waals surface area contributed by atoms with Gasteiger partial charge in [0.15, 0.2) is 11.0 Å². The summed E-state index contributed by atoms with van der Waals surface area (Å²) in [5, 5.41) is 13.8. The molecule has 146 valence electrons. The van der Waals surface area contributed by atoms with Gasteiger partial charge in [-0.3, -0.25) is 4.79 Å².